The van der Waals surface area contributed by atoms with Crippen molar-refractivity contribution in [2.24, 2.45) is 5.73 Å². The minimum Gasteiger partial charge on any atom is -0.366 e. The number of hydrogen-bond acceptors (Lipinski definition) is 5. The summed E-state index contributed by atoms with van der Waals surface area (Å²) in [4.78, 5) is 32.4. The smallest absolute Gasteiger partial charge is 0.251 e. The average Bonchev–Trinajstić information content (AvgIpc) is 2.68. The molecule has 0 unspecified atom stereocenters. The lowest BCUT2D eigenvalue weighted by Crippen LogP contribution is -2.29. The molecule has 1 heterocycles. The second-order valence-electron chi connectivity index (χ2n) is 6.94. The van der Waals surface area contributed by atoms with Gasteiger partial charge in [-0.15, -0.1) is 0 Å². The fraction of sp³-hybridized carbons (Fsp3) is 0.182. The zero-order chi connectivity index (χ0) is 21.0. The van der Waals surface area contributed by atoms with Crippen molar-refractivity contribution in [1.29, 1.82) is 0 Å². The normalized spacial score (nSPS) is 10.6. The van der Waals surface area contributed by atoms with Crippen LogP contribution in [0.3, 0.4) is 0 Å². The first-order valence-electron chi connectivity index (χ1n) is 9.26. The van der Waals surface area contributed by atoms with E-state index in [-0.39, 0.29) is 11.9 Å². The van der Waals surface area contributed by atoms with Crippen molar-refractivity contribution in [3.05, 3.63) is 71.4 Å². The summed E-state index contributed by atoms with van der Waals surface area (Å²) < 4.78 is 0. The Hall–Kier alpha value is -3.74. The highest BCUT2D eigenvalue weighted by atomic mass is 16.2. The maximum Gasteiger partial charge on any atom is 0.251 e. The summed E-state index contributed by atoms with van der Waals surface area (Å²) in [5.74, 6) is -0.182. The van der Waals surface area contributed by atoms with Gasteiger partial charge in [0.2, 0.25) is 11.9 Å². The summed E-state index contributed by atoms with van der Waals surface area (Å²) in [7, 11) is 0. The van der Waals surface area contributed by atoms with Gasteiger partial charge >= 0.3 is 0 Å². The molecule has 0 fully saturated rings. The number of carbonyl (C=O) groups is 2. The Morgan fingerprint density at radius 2 is 1.76 bits per heavy atom. The van der Waals surface area contributed by atoms with Gasteiger partial charge in [-0.25, -0.2) is 9.97 Å². The van der Waals surface area contributed by atoms with Crippen LogP contribution in [-0.2, 0) is 0 Å². The molecular formula is C22H23N5O2. The second-order valence-corrected chi connectivity index (χ2v) is 6.94. The van der Waals surface area contributed by atoms with E-state index in [1.807, 2.05) is 26.8 Å². The van der Waals surface area contributed by atoms with Crippen molar-refractivity contribution >= 4 is 23.5 Å². The summed E-state index contributed by atoms with van der Waals surface area (Å²) in [6.45, 7) is 5.67. The van der Waals surface area contributed by atoms with E-state index in [9.17, 15) is 9.59 Å². The molecule has 3 aromatic rings. The van der Waals surface area contributed by atoms with Crippen LogP contribution < -0.4 is 16.4 Å². The largest absolute Gasteiger partial charge is 0.366 e. The number of nitrogens with one attached hydrogen (secondary N) is 2. The lowest BCUT2D eigenvalue weighted by molar-refractivity contribution is 0.0942. The highest BCUT2D eigenvalue weighted by Gasteiger charge is 2.12. The zero-order valence-electron chi connectivity index (χ0n) is 16.6. The lowest BCUT2D eigenvalue weighted by atomic mass is 9.99. The summed E-state index contributed by atoms with van der Waals surface area (Å²) >= 11 is 0. The molecule has 0 aliphatic heterocycles. The third kappa shape index (κ3) is 4.76. The summed E-state index contributed by atoms with van der Waals surface area (Å²) in [5, 5.41) is 5.99. The van der Waals surface area contributed by atoms with Crippen molar-refractivity contribution in [3.63, 3.8) is 0 Å². The molecule has 148 valence electrons. The van der Waals surface area contributed by atoms with E-state index in [0.717, 1.165) is 16.8 Å². The monoisotopic (exact) mass is 389 g/mol. The van der Waals surface area contributed by atoms with Crippen LogP contribution in [0.2, 0.25) is 0 Å². The minimum atomic E-state index is -0.474. The predicted octanol–water partition coefficient (Wildman–Crippen LogP) is 3.43. The van der Waals surface area contributed by atoms with Crippen LogP contribution >= 0.6 is 0 Å². The van der Waals surface area contributed by atoms with E-state index in [1.165, 1.54) is 0 Å². The van der Waals surface area contributed by atoms with Crippen LogP contribution in [0.4, 0.5) is 11.6 Å². The Bertz CT molecular complexity index is 1050. The summed E-state index contributed by atoms with van der Waals surface area (Å²) in [6, 6.07) is 14.3. The fourth-order valence-corrected chi connectivity index (χ4v) is 2.93. The number of benzene rings is 2. The summed E-state index contributed by atoms with van der Waals surface area (Å²) in [6.07, 6.45) is 1.64. The maximum absolute atomic E-state index is 12.0. The molecular weight excluding hydrogens is 366 g/mol. The van der Waals surface area contributed by atoms with E-state index in [4.69, 9.17) is 5.73 Å². The predicted molar refractivity (Wildman–Crippen MR) is 113 cm³/mol. The van der Waals surface area contributed by atoms with Gasteiger partial charge in [0.25, 0.3) is 5.91 Å². The number of rotatable bonds is 6. The summed E-state index contributed by atoms with van der Waals surface area (Å²) in [5.41, 5.74) is 9.50. The highest BCUT2D eigenvalue weighted by Crippen LogP contribution is 2.25. The quantitative estimate of drug-likeness (QED) is 0.598. The van der Waals surface area contributed by atoms with Gasteiger partial charge in [0.05, 0.1) is 5.69 Å². The second kappa shape index (κ2) is 8.52. The highest BCUT2D eigenvalue weighted by molar-refractivity contribution is 5.96. The maximum atomic E-state index is 12.0. The first kappa shape index (κ1) is 20.0. The molecule has 0 bridgehead atoms. The lowest BCUT2D eigenvalue weighted by Gasteiger charge is -2.11. The van der Waals surface area contributed by atoms with Crippen molar-refractivity contribution in [3.8, 4) is 11.3 Å². The van der Waals surface area contributed by atoms with Crippen molar-refractivity contribution in [2.45, 2.75) is 26.8 Å². The molecule has 3 rings (SSSR count). The number of aromatic nitrogens is 2. The third-order valence-corrected chi connectivity index (χ3v) is 4.35. The van der Waals surface area contributed by atoms with Crippen molar-refractivity contribution < 1.29 is 9.59 Å². The van der Waals surface area contributed by atoms with Crippen molar-refractivity contribution in [2.75, 3.05) is 5.32 Å². The van der Waals surface area contributed by atoms with Gasteiger partial charge < -0.3 is 16.4 Å². The molecule has 7 nitrogen and oxygen atoms in total. The van der Waals surface area contributed by atoms with Gasteiger partial charge in [0.1, 0.15) is 0 Å². The van der Waals surface area contributed by atoms with E-state index in [2.05, 4.69) is 20.6 Å². The molecule has 0 spiro atoms. The molecule has 29 heavy (non-hydrogen) atoms. The van der Waals surface area contributed by atoms with Crippen LogP contribution in [0.1, 0.15) is 40.1 Å². The Kier molecular flexibility index (Phi) is 5.87. The van der Waals surface area contributed by atoms with Crippen molar-refractivity contribution in [1.82, 2.24) is 15.3 Å². The average molecular weight is 389 g/mol. The van der Waals surface area contributed by atoms with Crippen LogP contribution in [0.25, 0.3) is 11.3 Å². The molecule has 1 aromatic heterocycles. The van der Waals surface area contributed by atoms with Gasteiger partial charge in [0.15, 0.2) is 0 Å². The molecule has 0 aliphatic carbocycles. The molecule has 2 amide bonds. The number of nitrogens with zero attached hydrogens (tertiary/aromatic N) is 2. The van der Waals surface area contributed by atoms with E-state index >= 15 is 0 Å². The number of carbonyl (C=O) groups excluding carboxylic acids is 2. The Labute approximate surface area is 169 Å². The van der Waals surface area contributed by atoms with Gasteiger partial charge in [-0.2, -0.15) is 0 Å². The number of nitrogens with two attached hydrogens (primary N) is 1. The van der Waals surface area contributed by atoms with Crippen LogP contribution in [0, 0.1) is 6.92 Å². The van der Waals surface area contributed by atoms with E-state index < -0.39 is 5.91 Å². The molecule has 0 atom stereocenters. The number of anilines is 2. The van der Waals surface area contributed by atoms with Crippen LogP contribution in [0.5, 0.6) is 0 Å². The molecule has 2 aromatic carbocycles. The third-order valence-electron chi connectivity index (χ3n) is 4.35. The molecule has 0 saturated carbocycles. The standard InChI is InChI=1S/C22H23N5O2/c1-13(2)25-21(29)15-7-9-16(10-8-15)26-22-24-12-11-19(27-22)17-5-4-6-18(14(17)3)20(23)28/h4-13H,1-3H3,(H2,23,28)(H,25,29)(H,24,26,27). The fourth-order valence-electron chi connectivity index (χ4n) is 2.93. The number of hydrogen-bond donors (Lipinski definition) is 3. The molecule has 7 heteroatoms. The molecule has 0 saturated heterocycles. The zero-order valence-corrected chi connectivity index (χ0v) is 16.6. The molecule has 0 radical (unpaired) electrons. The number of primary amides is 1. The first-order valence-corrected chi connectivity index (χ1v) is 9.26. The molecule has 0 aliphatic rings. The Morgan fingerprint density at radius 3 is 2.41 bits per heavy atom. The first-order chi connectivity index (χ1) is 13.8. The van der Waals surface area contributed by atoms with Gasteiger partial charge in [0, 0.05) is 34.6 Å². The van der Waals surface area contributed by atoms with Gasteiger partial charge in [-0.05, 0) is 62.7 Å². The molecule has 4 N–H and O–H groups in total. The van der Waals surface area contributed by atoms with Crippen LogP contribution in [-0.4, -0.2) is 27.8 Å². The number of amides is 2. The van der Waals surface area contributed by atoms with E-state index in [1.54, 1.807) is 48.7 Å². The van der Waals surface area contributed by atoms with E-state index in [0.29, 0.717) is 22.8 Å². The Balaban J connectivity index is 1.82. The topological polar surface area (TPSA) is 110 Å². The van der Waals surface area contributed by atoms with Gasteiger partial charge in [-0.1, -0.05) is 12.1 Å². The Morgan fingerprint density at radius 1 is 1.03 bits per heavy atom. The minimum absolute atomic E-state index is 0.0768. The SMILES string of the molecule is Cc1c(C(N)=O)cccc1-c1ccnc(Nc2ccc(C(=O)NC(C)C)cc2)n1. The van der Waals surface area contributed by atoms with Gasteiger partial charge in [-0.3, -0.25) is 9.59 Å². The van der Waals surface area contributed by atoms with Crippen LogP contribution in [0.15, 0.2) is 54.7 Å².